The van der Waals surface area contributed by atoms with Crippen molar-refractivity contribution >= 4 is 5.82 Å². The maximum Gasteiger partial charge on any atom is 0.298 e. The van der Waals surface area contributed by atoms with Crippen LogP contribution in [0.25, 0.3) is 11.5 Å². The van der Waals surface area contributed by atoms with E-state index in [0.717, 1.165) is 44.8 Å². The summed E-state index contributed by atoms with van der Waals surface area (Å²) in [6, 6.07) is 1.81. The lowest BCUT2D eigenvalue weighted by atomic mass is 10.1. The molecule has 10 heteroatoms. The molecular formula is C17H22N8O2. The SMILES string of the molecule is CCCOC1CCCN(c2cc(-n3[nH]cc(-n4ccnn4)c3=O)ncn2)C1. The third-order valence-electron chi connectivity index (χ3n) is 4.55. The van der Waals surface area contributed by atoms with E-state index >= 15 is 0 Å². The Morgan fingerprint density at radius 1 is 1.33 bits per heavy atom. The molecule has 3 aromatic rings. The normalized spacial score (nSPS) is 17.4. The van der Waals surface area contributed by atoms with E-state index in [2.05, 4.69) is 37.2 Å². The number of aromatic nitrogens is 7. The second-order valence-corrected chi connectivity index (χ2v) is 6.46. The average molecular weight is 370 g/mol. The molecule has 0 saturated carbocycles. The van der Waals surface area contributed by atoms with Gasteiger partial charge in [0.15, 0.2) is 11.5 Å². The lowest BCUT2D eigenvalue weighted by Crippen LogP contribution is -2.40. The first kappa shape index (κ1) is 17.4. The molecule has 0 amide bonds. The number of hydrogen-bond donors (Lipinski definition) is 1. The Labute approximate surface area is 155 Å². The summed E-state index contributed by atoms with van der Waals surface area (Å²) < 4.78 is 8.69. The minimum atomic E-state index is -0.257. The average Bonchev–Trinajstić information content (AvgIpc) is 3.36. The first-order valence-electron chi connectivity index (χ1n) is 9.12. The third-order valence-corrected chi connectivity index (χ3v) is 4.55. The molecule has 10 nitrogen and oxygen atoms in total. The number of nitrogens with zero attached hydrogens (tertiary/aromatic N) is 7. The van der Waals surface area contributed by atoms with E-state index in [1.54, 1.807) is 12.4 Å². The van der Waals surface area contributed by atoms with Gasteiger partial charge in [-0.15, -0.1) is 5.10 Å². The molecule has 0 spiro atoms. The number of anilines is 1. The summed E-state index contributed by atoms with van der Waals surface area (Å²) in [5, 5.41) is 10.5. The Balaban J connectivity index is 1.57. The van der Waals surface area contributed by atoms with E-state index in [-0.39, 0.29) is 11.7 Å². The van der Waals surface area contributed by atoms with Crippen molar-refractivity contribution in [2.24, 2.45) is 0 Å². The Morgan fingerprint density at radius 3 is 3.04 bits per heavy atom. The van der Waals surface area contributed by atoms with E-state index in [9.17, 15) is 4.79 Å². The zero-order valence-electron chi connectivity index (χ0n) is 15.2. The van der Waals surface area contributed by atoms with Crippen molar-refractivity contribution in [2.45, 2.75) is 32.3 Å². The first-order chi connectivity index (χ1) is 13.3. The molecule has 0 aliphatic carbocycles. The lowest BCUT2D eigenvalue weighted by molar-refractivity contribution is 0.0439. The van der Waals surface area contributed by atoms with Gasteiger partial charge in [0.05, 0.1) is 24.7 Å². The lowest BCUT2D eigenvalue weighted by Gasteiger charge is -2.33. The van der Waals surface area contributed by atoms with Gasteiger partial charge in [-0.05, 0) is 19.3 Å². The topological polar surface area (TPSA) is 107 Å². The fourth-order valence-corrected chi connectivity index (χ4v) is 3.23. The predicted molar refractivity (Wildman–Crippen MR) is 98.4 cm³/mol. The van der Waals surface area contributed by atoms with E-state index in [4.69, 9.17) is 4.74 Å². The zero-order valence-corrected chi connectivity index (χ0v) is 15.2. The quantitative estimate of drug-likeness (QED) is 0.688. The smallest absolute Gasteiger partial charge is 0.298 e. The van der Waals surface area contributed by atoms with Crippen molar-refractivity contribution < 1.29 is 4.74 Å². The standard InChI is InChI=1S/C17H22N8O2/c1-2-8-27-13-4-3-6-23(11-13)15-9-16(19-12-18-15)25-17(26)14(10-21-25)24-7-5-20-22-24/h5,7,9-10,12-13,21H,2-4,6,8,11H2,1H3. The van der Waals surface area contributed by atoms with Gasteiger partial charge in [0.1, 0.15) is 12.1 Å². The van der Waals surface area contributed by atoms with Gasteiger partial charge in [0.25, 0.3) is 5.56 Å². The number of rotatable bonds is 6. The molecule has 0 bridgehead atoms. The minimum Gasteiger partial charge on any atom is -0.376 e. The number of hydrogen-bond acceptors (Lipinski definition) is 7. The van der Waals surface area contributed by atoms with Crippen LogP contribution in [-0.4, -0.2) is 60.5 Å². The largest absolute Gasteiger partial charge is 0.376 e. The number of nitrogens with one attached hydrogen (secondary N) is 1. The number of ether oxygens (including phenoxy) is 1. The highest BCUT2D eigenvalue weighted by molar-refractivity contribution is 5.44. The molecule has 1 atom stereocenters. The molecule has 142 valence electrons. The van der Waals surface area contributed by atoms with Gasteiger partial charge in [-0.2, -0.15) is 4.68 Å². The van der Waals surface area contributed by atoms with Crippen molar-refractivity contribution in [3.63, 3.8) is 0 Å². The predicted octanol–water partition coefficient (Wildman–Crippen LogP) is 0.932. The van der Waals surface area contributed by atoms with E-state index in [1.807, 2.05) is 6.07 Å². The highest BCUT2D eigenvalue weighted by atomic mass is 16.5. The van der Waals surface area contributed by atoms with E-state index < -0.39 is 0 Å². The van der Waals surface area contributed by atoms with Crippen LogP contribution in [0.4, 0.5) is 5.82 Å². The van der Waals surface area contributed by atoms with Gasteiger partial charge in [0, 0.05) is 25.8 Å². The van der Waals surface area contributed by atoms with Crippen LogP contribution in [-0.2, 0) is 4.74 Å². The zero-order chi connectivity index (χ0) is 18.6. The van der Waals surface area contributed by atoms with Crippen LogP contribution in [0.15, 0.2) is 35.8 Å². The molecule has 1 N–H and O–H groups in total. The second kappa shape index (κ2) is 7.70. The van der Waals surface area contributed by atoms with Gasteiger partial charge in [0.2, 0.25) is 0 Å². The minimum absolute atomic E-state index is 0.212. The molecular weight excluding hydrogens is 348 g/mol. The molecule has 3 aromatic heterocycles. The molecule has 27 heavy (non-hydrogen) atoms. The van der Waals surface area contributed by atoms with Crippen LogP contribution < -0.4 is 10.5 Å². The Morgan fingerprint density at radius 2 is 2.22 bits per heavy atom. The Bertz CT molecular complexity index is 933. The van der Waals surface area contributed by atoms with Gasteiger partial charge in [-0.25, -0.2) is 14.6 Å². The Hall–Kier alpha value is -3.01. The summed E-state index contributed by atoms with van der Waals surface area (Å²) in [5.74, 6) is 1.27. The molecule has 0 aromatic carbocycles. The molecule has 4 rings (SSSR count). The summed E-state index contributed by atoms with van der Waals surface area (Å²) in [4.78, 5) is 23.5. The van der Waals surface area contributed by atoms with Crippen LogP contribution in [0.1, 0.15) is 26.2 Å². The van der Waals surface area contributed by atoms with Crippen molar-refractivity contribution in [1.82, 2.24) is 34.7 Å². The maximum absolute atomic E-state index is 12.7. The summed E-state index contributed by atoms with van der Waals surface area (Å²) in [5.41, 5.74) is 0.117. The third kappa shape index (κ3) is 3.61. The Kier molecular flexibility index (Phi) is 4.97. The van der Waals surface area contributed by atoms with Crippen molar-refractivity contribution in [1.29, 1.82) is 0 Å². The van der Waals surface area contributed by atoms with Gasteiger partial charge in [-0.3, -0.25) is 9.89 Å². The number of H-pyrrole nitrogens is 1. The van der Waals surface area contributed by atoms with E-state index in [1.165, 1.54) is 21.9 Å². The fraction of sp³-hybridized carbons (Fsp3) is 0.471. The molecule has 1 aliphatic rings. The van der Waals surface area contributed by atoms with Crippen LogP contribution in [0.5, 0.6) is 0 Å². The number of piperidine rings is 1. The molecule has 0 radical (unpaired) electrons. The fourth-order valence-electron chi connectivity index (χ4n) is 3.23. The van der Waals surface area contributed by atoms with Gasteiger partial charge in [-0.1, -0.05) is 12.1 Å². The molecule has 1 fully saturated rings. The summed E-state index contributed by atoms with van der Waals surface area (Å²) >= 11 is 0. The number of aromatic amines is 1. The maximum atomic E-state index is 12.7. The van der Waals surface area contributed by atoms with E-state index in [0.29, 0.717) is 11.5 Å². The first-order valence-corrected chi connectivity index (χ1v) is 9.12. The van der Waals surface area contributed by atoms with Gasteiger partial charge >= 0.3 is 0 Å². The highest BCUT2D eigenvalue weighted by Gasteiger charge is 2.22. The van der Waals surface area contributed by atoms with Crippen molar-refractivity contribution in [3.05, 3.63) is 41.3 Å². The van der Waals surface area contributed by atoms with Crippen LogP contribution >= 0.6 is 0 Å². The summed E-state index contributed by atoms with van der Waals surface area (Å²) in [7, 11) is 0. The van der Waals surface area contributed by atoms with Crippen molar-refractivity contribution in [3.8, 4) is 11.5 Å². The van der Waals surface area contributed by atoms with Crippen LogP contribution in [0.3, 0.4) is 0 Å². The summed E-state index contributed by atoms with van der Waals surface area (Å²) in [6.07, 6.45) is 9.52. The molecule has 1 unspecified atom stereocenters. The van der Waals surface area contributed by atoms with Gasteiger partial charge < -0.3 is 9.64 Å². The summed E-state index contributed by atoms with van der Waals surface area (Å²) in [6.45, 7) is 4.59. The van der Waals surface area contributed by atoms with Crippen molar-refractivity contribution in [2.75, 3.05) is 24.6 Å². The second-order valence-electron chi connectivity index (χ2n) is 6.46. The molecule has 4 heterocycles. The van der Waals surface area contributed by atoms with Crippen LogP contribution in [0, 0.1) is 0 Å². The molecule has 1 saturated heterocycles. The monoisotopic (exact) mass is 370 g/mol. The highest BCUT2D eigenvalue weighted by Crippen LogP contribution is 2.20. The molecule has 1 aliphatic heterocycles. The van der Waals surface area contributed by atoms with Crippen LogP contribution in [0.2, 0.25) is 0 Å².